The lowest BCUT2D eigenvalue weighted by Gasteiger charge is -2.19. The van der Waals surface area contributed by atoms with Gasteiger partial charge >= 0.3 is 0 Å². The number of aliphatic hydroxyl groups excluding tert-OH is 1. The van der Waals surface area contributed by atoms with Gasteiger partial charge in [0, 0.05) is 20.2 Å². The van der Waals surface area contributed by atoms with Gasteiger partial charge in [0.1, 0.15) is 0 Å². The van der Waals surface area contributed by atoms with E-state index in [4.69, 9.17) is 4.74 Å². The zero-order chi connectivity index (χ0) is 13.7. The van der Waals surface area contributed by atoms with Crippen LogP contribution in [0.4, 0.5) is 5.69 Å². The molecule has 0 radical (unpaired) electrons. The Morgan fingerprint density at radius 3 is 2.84 bits per heavy atom. The maximum absolute atomic E-state index is 9.69. The standard InChI is InChI=1S/C15H24N2O2/c1-3-15(18)14-7-6-13(10-16-14)17(2)8-9-19-11-12-4-5-12/h6-7,10,12,15,18H,3-5,8-9,11H2,1-2H3. The molecule has 1 unspecified atom stereocenters. The summed E-state index contributed by atoms with van der Waals surface area (Å²) >= 11 is 0. The summed E-state index contributed by atoms with van der Waals surface area (Å²) in [6.07, 6.45) is 4.72. The second kappa shape index (κ2) is 6.87. The van der Waals surface area contributed by atoms with Crippen LogP contribution in [0.15, 0.2) is 18.3 Å². The summed E-state index contributed by atoms with van der Waals surface area (Å²) < 4.78 is 5.63. The van der Waals surface area contributed by atoms with Gasteiger partial charge in [0.2, 0.25) is 0 Å². The molecule has 0 aliphatic heterocycles. The van der Waals surface area contributed by atoms with Crippen LogP contribution in [0.25, 0.3) is 0 Å². The molecule has 1 fully saturated rings. The molecule has 1 N–H and O–H groups in total. The first-order chi connectivity index (χ1) is 9.20. The highest BCUT2D eigenvalue weighted by atomic mass is 16.5. The van der Waals surface area contributed by atoms with Gasteiger partial charge in [0.05, 0.1) is 30.3 Å². The van der Waals surface area contributed by atoms with Gasteiger partial charge < -0.3 is 14.7 Å². The molecule has 0 aromatic carbocycles. The SMILES string of the molecule is CCC(O)c1ccc(N(C)CCOCC2CC2)cn1. The first-order valence-electron chi connectivity index (χ1n) is 7.13. The average molecular weight is 264 g/mol. The lowest BCUT2D eigenvalue weighted by molar-refractivity contribution is 0.131. The first kappa shape index (κ1) is 14.3. The van der Waals surface area contributed by atoms with E-state index in [1.54, 1.807) is 0 Å². The van der Waals surface area contributed by atoms with Crippen molar-refractivity contribution in [2.24, 2.45) is 5.92 Å². The molecule has 0 saturated heterocycles. The van der Waals surface area contributed by atoms with Crippen LogP contribution in [-0.4, -0.2) is 36.9 Å². The predicted octanol–water partition coefficient (Wildman–Crippen LogP) is 2.39. The van der Waals surface area contributed by atoms with E-state index in [1.807, 2.05) is 32.3 Å². The summed E-state index contributed by atoms with van der Waals surface area (Å²) in [6, 6.07) is 3.90. The quantitative estimate of drug-likeness (QED) is 0.732. The number of likely N-dealkylation sites (N-methyl/N-ethyl adjacent to an activating group) is 1. The highest BCUT2D eigenvalue weighted by molar-refractivity contribution is 5.43. The Morgan fingerprint density at radius 2 is 2.26 bits per heavy atom. The zero-order valence-corrected chi connectivity index (χ0v) is 11.9. The predicted molar refractivity (Wildman–Crippen MR) is 76.3 cm³/mol. The van der Waals surface area contributed by atoms with E-state index in [2.05, 4.69) is 9.88 Å². The monoisotopic (exact) mass is 264 g/mol. The van der Waals surface area contributed by atoms with Crippen LogP contribution in [0.2, 0.25) is 0 Å². The number of rotatable bonds is 8. The maximum atomic E-state index is 9.69. The number of hydrogen-bond donors (Lipinski definition) is 1. The van der Waals surface area contributed by atoms with Crippen LogP contribution >= 0.6 is 0 Å². The molecule has 2 rings (SSSR count). The van der Waals surface area contributed by atoms with E-state index in [9.17, 15) is 5.11 Å². The fourth-order valence-corrected chi connectivity index (χ4v) is 1.89. The van der Waals surface area contributed by atoms with Crippen LogP contribution in [0.5, 0.6) is 0 Å². The molecule has 0 bridgehead atoms. The first-order valence-corrected chi connectivity index (χ1v) is 7.13. The van der Waals surface area contributed by atoms with Gasteiger partial charge in [0.15, 0.2) is 0 Å². The minimum Gasteiger partial charge on any atom is -0.387 e. The maximum Gasteiger partial charge on any atom is 0.0957 e. The van der Waals surface area contributed by atoms with Crippen molar-refractivity contribution < 1.29 is 9.84 Å². The lowest BCUT2D eigenvalue weighted by atomic mass is 10.2. The van der Waals surface area contributed by atoms with Crippen molar-refractivity contribution >= 4 is 5.69 Å². The van der Waals surface area contributed by atoms with E-state index in [-0.39, 0.29) is 0 Å². The van der Waals surface area contributed by atoms with E-state index in [0.29, 0.717) is 6.42 Å². The molecule has 1 saturated carbocycles. The molecule has 0 spiro atoms. The zero-order valence-electron chi connectivity index (χ0n) is 11.9. The molecule has 1 aliphatic carbocycles. The third-order valence-corrected chi connectivity index (χ3v) is 3.56. The van der Waals surface area contributed by atoms with Crippen molar-refractivity contribution in [1.29, 1.82) is 0 Å². The van der Waals surface area contributed by atoms with Crippen molar-refractivity contribution in [2.75, 3.05) is 31.7 Å². The molecule has 106 valence electrons. The second-order valence-electron chi connectivity index (χ2n) is 5.31. The Morgan fingerprint density at radius 1 is 1.47 bits per heavy atom. The Kier molecular flexibility index (Phi) is 5.16. The average Bonchev–Trinajstić information content (AvgIpc) is 3.27. The van der Waals surface area contributed by atoms with Crippen molar-refractivity contribution in [3.8, 4) is 0 Å². The smallest absolute Gasteiger partial charge is 0.0957 e. The molecule has 4 heteroatoms. The fourth-order valence-electron chi connectivity index (χ4n) is 1.89. The van der Waals surface area contributed by atoms with Gasteiger partial charge in [-0.05, 0) is 37.3 Å². The van der Waals surface area contributed by atoms with Gasteiger partial charge in [-0.2, -0.15) is 0 Å². The fraction of sp³-hybridized carbons (Fsp3) is 0.667. The summed E-state index contributed by atoms with van der Waals surface area (Å²) in [5, 5.41) is 9.69. The summed E-state index contributed by atoms with van der Waals surface area (Å²) in [7, 11) is 2.04. The van der Waals surface area contributed by atoms with E-state index >= 15 is 0 Å². The minimum absolute atomic E-state index is 0.457. The van der Waals surface area contributed by atoms with Gasteiger partial charge in [-0.1, -0.05) is 6.92 Å². The third kappa shape index (κ3) is 4.48. The van der Waals surface area contributed by atoms with E-state index in [1.165, 1.54) is 12.8 Å². The van der Waals surface area contributed by atoms with Gasteiger partial charge in [-0.15, -0.1) is 0 Å². The molecule has 1 heterocycles. The summed E-state index contributed by atoms with van der Waals surface area (Å²) in [5.74, 6) is 0.821. The largest absolute Gasteiger partial charge is 0.387 e. The van der Waals surface area contributed by atoms with Crippen LogP contribution in [0, 0.1) is 5.92 Å². The Labute approximate surface area is 115 Å². The van der Waals surface area contributed by atoms with Gasteiger partial charge in [0.25, 0.3) is 0 Å². The Hall–Kier alpha value is -1.13. The molecule has 1 aromatic heterocycles. The molecule has 1 atom stereocenters. The van der Waals surface area contributed by atoms with Crippen LogP contribution < -0.4 is 4.90 Å². The highest BCUT2D eigenvalue weighted by Gasteiger charge is 2.20. The number of ether oxygens (including phenoxy) is 1. The van der Waals surface area contributed by atoms with Crippen LogP contribution in [0.1, 0.15) is 38.0 Å². The van der Waals surface area contributed by atoms with Crippen molar-refractivity contribution in [2.45, 2.75) is 32.3 Å². The molecule has 4 nitrogen and oxygen atoms in total. The molecule has 0 amide bonds. The molecular weight excluding hydrogens is 240 g/mol. The lowest BCUT2D eigenvalue weighted by Crippen LogP contribution is -2.23. The van der Waals surface area contributed by atoms with E-state index in [0.717, 1.165) is 37.1 Å². The summed E-state index contributed by atoms with van der Waals surface area (Å²) in [4.78, 5) is 6.43. The number of anilines is 1. The summed E-state index contributed by atoms with van der Waals surface area (Å²) in [5.41, 5.74) is 1.80. The Balaban J connectivity index is 1.75. The van der Waals surface area contributed by atoms with Crippen LogP contribution in [-0.2, 0) is 4.74 Å². The number of aromatic nitrogens is 1. The molecular formula is C15H24N2O2. The highest BCUT2D eigenvalue weighted by Crippen LogP contribution is 2.28. The number of nitrogens with zero attached hydrogens (tertiary/aromatic N) is 2. The number of hydrogen-bond acceptors (Lipinski definition) is 4. The minimum atomic E-state index is -0.457. The van der Waals surface area contributed by atoms with E-state index < -0.39 is 6.10 Å². The molecule has 19 heavy (non-hydrogen) atoms. The van der Waals surface area contributed by atoms with Crippen molar-refractivity contribution in [3.63, 3.8) is 0 Å². The van der Waals surface area contributed by atoms with Gasteiger partial charge in [-0.25, -0.2) is 0 Å². The third-order valence-electron chi connectivity index (χ3n) is 3.56. The topological polar surface area (TPSA) is 45.6 Å². The second-order valence-corrected chi connectivity index (χ2v) is 5.31. The number of pyridine rings is 1. The Bertz CT molecular complexity index is 376. The van der Waals surface area contributed by atoms with Crippen molar-refractivity contribution in [1.82, 2.24) is 4.98 Å². The van der Waals surface area contributed by atoms with Crippen molar-refractivity contribution in [3.05, 3.63) is 24.0 Å². The molecule has 1 aromatic rings. The van der Waals surface area contributed by atoms with Gasteiger partial charge in [-0.3, -0.25) is 4.98 Å². The molecule has 1 aliphatic rings. The number of aliphatic hydroxyl groups is 1. The normalized spacial score (nSPS) is 16.4. The summed E-state index contributed by atoms with van der Waals surface area (Å²) in [6.45, 7) is 4.48. The van der Waals surface area contributed by atoms with Crippen LogP contribution in [0.3, 0.4) is 0 Å².